The van der Waals surface area contributed by atoms with E-state index in [1.807, 2.05) is 18.6 Å². The van der Waals surface area contributed by atoms with Gasteiger partial charge in [-0.3, -0.25) is 4.98 Å². The second-order valence-electron chi connectivity index (χ2n) is 6.53. The molecule has 0 bridgehead atoms. The fourth-order valence-corrected chi connectivity index (χ4v) is 3.97. The van der Waals surface area contributed by atoms with Crippen LogP contribution in [-0.2, 0) is 12.8 Å². The highest BCUT2D eigenvalue weighted by atomic mass is 32.1. The van der Waals surface area contributed by atoms with Crippen molar-refractivity contribution in [1.82, 2.24) is 20.3 Å². The molecule has 0 aliphatic carbocycles. The van der Waals surface area contributed by atoms with Crippen molar-refractivity contribution in [2.45, 2.75) is 39.5 Å². The number of hydrogen-bond acceptors (Lipinski definition) is 5. The Bertz CT molecular complexity index is 602. The van der Waals surface area contributed by atoms with Crippen LogP contribution >= 0.6 is 11.3 Å². The summed E-state index contributed by atoms with van der Waals surface area (Å²) in [4.78, 5) is 14.9. The Morgan fingerprint density at radius 2 is 2.23 bits per heavy atom. The lowest BCUT2D eigenvalue weighted by Gasteiger charge is -2.22. The van der Waals surface area contributed by atoms with E-state index in [9.17, 15) is 0 Å². The number of nitrogens with zero attached hydrogens (tertiary/aromatic N) is 3. The molecule has 2 aromatic heterocycles. The van der Waals surface area contributed by atoms with Gasteiger partial charge in [0.05, 0.1) is 21.8 Å². The van der Waals surface area contributed by atoms with Gasteiger partial charge in [-0.15, -0.1) is 11.3 Å². The molecule has 1 aliphatic rings. The molecule has 0 saturated carbocycles. The third kappa shape index (κ3) is 4.11. The van der Waals surface area contributed by atoms with Crippen LogP contribution in [0.15, 0.2) is 18.6 Å². The van der Waals surface area contributed by atoms with Gasteiger partial charge >= 0.3 is 0 Å². The monoisotopic (exact) mass is 316 g/mol. The zero-order valence-electron chi connectivity index (χ0n) is 13.4. The topological polar surface area (TPSA) is 50.7 Å². The summed E-state index contributed by atoms with van der Waals surface area (Å²) in [6, 6.07) is 0. The van der Waals surface area contributed by atoms with Gasteiger partial charge in [0.25, 0.3) is 0 Å². The molecule has 1 saturated heterocycles. The van der Waals surface area contributed by atoms with Gasteiger partial charge in [0.1, 0.15) is 5.69 Å². The van der Waals surface area contributed by atoms with Crippen molar-refractivity contribution in [3.05, 3.63) is 29.3 Å². The van der Waals surface area contributed by atoms with Gasteiger partial charge in [0.15, 0.2) is 0 Å². The smallest absolute Gasteiger partial charge is 0.100 e. The van der Waals surface area contributed by atoms with E-state index in [0.29, 0.717) is 11.8 Å². The summed E-state index contributed by atoms with van der Waals surface area (Å²) in [5, 5.41) is 4.66. The Morgan fingerprint density at radius 3 is 3.00 bits per heavy atom. The third-order valence-electron chi connectivity index (χ3n) is 3.97. The summed E-state index contributed by atoms with van der Waals surface area (Å²) in [5.74, 6) is 1.33. The quantitative estimate of drug-likeness (QED) is 0.919. The fourth-order valence-electron chi connectivity index (χ4n) is 2.89. The van der Waals surface area contributed by atoms with Crippen molar-refractivity contribution in [2.75, 3.05) is 13.1 Å². The number of thiazole rings is 1. The molecule has 0 unspecified atom stereocenters. The van der Waals surface area contributed by atoms with Crippen molar-refractivity contribution in [2.24, 2.45) is 11.8 Å². The molecule has 4 nitrogen and oxygen atoms in total. The SMILES string of the molecule is CC(C)Cc1ncc(-c2cncc(C[C@@H]3CCCNC3)n2)s1. The molecule has 3 rings (SSSR count). The molecule has 0 spiro atoms. The summed E-state index contributed by atoms with van der Waals surface area (Å²) in [6.07, 6.45) is 10.3. The van der Waals surface area contributed by atoms with Crippen LogP contribution in [0.25, 0.3) is 10.6 Å². The van der Waals surface area contributed by atoms with Gasteiger partial charge in [-0.05, 0) is 44.2 Å². The zero-order chi connectivity index (χ0) is 15.4. The van der Waals surface area contributed by atoms with E-state index in [1.54, 1.807) is 11.3 Å². The van der Waals surface area contributed by atoms with Crippen molar-refractivity contribution in [3.63, 3.8) is 0 Å². The highest BCUT2D eigenvalue weighted by Crippen LogP contribution is 2.26. The molecule has 5 heteroatoms. The van der Waals surface area contributed by atoms with Gasteiger partial charge in [0.2, 0.25) is 0 Å². The molecule has 2 aromatic rings. The van der Waals surface area contributed by atoms with Crippen LogP contribution < -0.4 is 5.32 Å². The van der Waals surface area contributed by atoms with E-state index >= 15 is 0 Å². The van der Waals surface area contributed by atoms with Gasteiger partial charge in [-0.1, -0.05) is 13.8 Å². The first-order chi connectivity index (χ1) is 10.7. The molecule has 1 atom stereocenters. The molecule has 0 aromatic carbocycles. The van der Waals surface area contributed by atoms with Crippen LogP contribution in [0.3, 0.4) is 0 Å². The van der Waals surface area contributed by atoms with Crippen LogP contribution in [0.1, 0.15) is 37.4 Å². The summed E-state index contributed by atoms with van der Waals surface area (Å²) < 4.78 is 0. The van der Waals surface area contributed by atoms with Crippen molar-refractivity contribution in [3.8, 4) is 10.6 Å². The second kappa shape index (κ2) is 7.29. The summed E-state index contributed by atoms with van der Waals surface area (Å²) >= 11 is 1.74. The van der Waals surface area contributed by atoms with Crippen LogP contribution in [0.5, 0.6) is 0 Å². The zero-order valence-corrected chi connectivity index (χ0v) is 14.2. The predicted molar refractivity (Wildman–Crippen MR) is 91.0 cm³/mol. The largest absolute Gasteiger partial charge is 0.316 e. The first-order valence-corrected chi connectivity index (χ1v) is 8.99. The first-order valence-electron chi connectivity index (χ1n) is 8.17. The van der Waals surface area contributed by atoms with E-state index in [4.69, 9.17) is 4.98 Å². The third-order valence-corrected chi connectivity index (χ3v) is 5.01. The minimum absolute atomic E-state index is 0.634. The maximum absolute atomic E-state index is 4.81. The number of piperidine rings is 1. The van der Waals surface area contributed by atoms with Crippen LogP contribution in [0.4, 0.5) is 0 Å². The summed E-state index contributed by atoms with van der Waals surface area (Å²) in [5.41, 5.74) is 2.07. The number of hydrogen-bond donors (Lipinski definition) is 1. The standard InChI is InChI=1S/C17H24N4S/c1-12(2)6-17-20-11-16(22-17)15-10-19-9-14(21-15)7-13-4-3-5-18-8-13/h9-13,18H,3-8H2,1-2H3/t13-/m0/s1. The Labute approximate surface area is 136 Å². The molecule has 3 heterocycles. The summed E-state index contributed by atoms with van der Waals surface area (Å²) in [6.45, 7) is 6.70. The Hall–Kier alpha value is -1.33. The van der Waals surface area contributed by atoms with E-state index in [2.05, 4.69) is 29.1 Å². The second-order valence-corrected chi connectivity index (χ2v) is 7.64. The number of nitrogens with one attached hydrogen (secondary N) is 1. The van der Waals surface area contributed by atoms with Crippen LogP contribution in [0, 0.1) is 11.8 Å². The molecule has 0 amide bonds. The maximum Gasteiger partial charge on any atom is 0.100 e. The highest BCUT2D eigenvalue weighted by Gasteiger charge is 2.15. The van der Waals surface area contributed by atoms with E-state index in [-0.39, 0.29) is 0 Å². The maximum atomic E-state index is 4.81. The lowest BCUT2D eigenvalue weighted by molar-refractivity contribution is 0.373. The molecule has 118 valence electrons. The highest BCUT2D eigenvalue weighted by molar-refractivity contribution is 7.15. The van der Waals surface area contributed by atoms with Gasteiger partial charge in [-0.25, -0.2) is 9.97 Å². The Balaban J connectivity index is 1.71. The molecule has 0 radical (unpaired) electrons. The van der Waals surface area contributed by atoms with Crippen LogP contribution in [0.2, 0.25) is 0 Å². The normalized spacial score (nSPS) is 18.8. The first kappa shape index (κ1) is 15.6. The molecule has 1 fully saturated rings. The van der Waals surface area contributed by atoms with Gasteiger partial charge < -0.3 is 5.32 Å². The fraction of sp³-hybridized carbons (Fsp3) is 0.588. The lowest BCUT2D eigenvalue weighted by atomic mass is 9.95. The van der Waals surface area contributed by atoms with Gasteiger partial charge in [0, 0.05) is 18.8 Å². The molecule has 1 N–H and O–H groups in total. The van der Waals surface area contributed by atoms with Crippen molar-refractivity contribution >= 4 is 11.3 Å². The van der Waals surface area contributed by atoms with E-state index in [0.717, 1.165) is 42.2 Å². The minimum Gasteiger partial charge on any atom is -0.316 e. The Kier molecular flexibility index (Phi) is 5.16. The molecular weight excluding hydrogens is 292 g/mol. The van der Waals surface area contributed by atoms with Crippen LogP contribution in [-0.4, -0.2) is 28.0 Å². The predicted octanol–water partition coefficient (Wildman–Crippen LogP) is 3.34. The van der Waals surface area contributed by atoms with E-state index < -0.39 is 0 Å². The lowest BCUT2D eigenvalue weighted by Crippen LogP contribution is -2.31. The van der Waals surface area contributed by atoms with Crippen molar-refractivity contribution < 1.29 is 0 Å². The van der Waals surface area contributed by atoms with Crippen molar-refractivity contribution in [1.29, 1.82) is 0 Å². The number of aromatic nitrogens is 3. The molecule has 22 heavy (non-hydrogen) atoms. The molecule has 1 aliphatic heterocycles. The van der Waals surface area contributed by atoms with E-state index in [1.165, 1.54) is 17.8 Å². The van der Waals surface area contributed by atoms with Gasteiger partial charge in [-0.2, -0.15) is 0 Å². The average Bonchev–Trinajstić information content (AvgIpc) is 2.96. The average molecular weight is 316 g/mol. The Morgan fingerprint density at radius 1 is 1.32 bits per heavy atom. The molecular formula is C17H24N4S. The minimum atomic E-state index is 0.634. The summed E-state index contributed by atoms with van der Waals surface area (Å²) in [7, 11) is 0. The number of rotatable bonds is 5.